The number of carbonyl (C=O) groups is 2. The van der Waals surface area contributed by atoms with E-state index in [9.17, 15) is 9.59 Å². The van der Waals surface area contributed by atoms with Crippen LogP contribution in [0.15, 0.2) is 48.5 Å². The smallest absolute Gasteiger partial charge is 0.411 e. The number of nitrogens with two attached hydrogens (primary N) is 1. The fourth-order valence-corrected chi connectivity index (χ4v) is 3.83. The van der Waals surface area contributed by atoms with Crippen molar-refractivity contribution < 1.29 is 14.3 Å². The van der Waals surface area contributed by atoms with E-state index in [-0.39, 0.29) is 18.0 Å². The molecule has 0 heterocycles. The van der Waals surface area contributed by atoms with Crippen molar-refractivity contribution >= 4 is 29.3 Å². The van der Waals surface area contributed by atoms with Gasteiger partial charge in [-0.3, -0.25) is 10.1 Å². The maximum absolute atomic E-state index is 13.3. The molecule has 0 radical (unpaired) electrons. The van der Waals surface area contributed by atoms with Gasteiger partial charge in [0.1, 0.15) is 0 Å². The summed E-state index contributed by atoms with van der Waals surface area (Å²) in [5.74, 6) is -0.0338. The number of hydrogen-bond donors (Lipinski definition) is 2. The fraction of sp³-hybridized carbons (Fsp3) is 0.364. The minimum atomic E-state index is -0.559. The molecule has 0 unspecified atom stereocenters. The highest BCUT2D eigenvalue weighted by atomic mass is 35.5. The predicted octanol–water partition coefficient (Wildman–Crippen LogP) is 4.43. The summed E-state index contributed by atoms with van der Waals surface area (Å²) in [6, 6.07) is 14.7. The number of nitrogens with zero attached hydrogens (tertiary/aromatic N) is 1. The Morgan fingerprint density at radius 3 is 2.48 bits per heavy atom. The van der Waals surface area contributed by atoms with Crippen molar-refractivity contribution in [1.82, 2.24) is 4.90 Å². The van der Waals surface area contributed by atoms with E-state index in [1.54, 1.807) is 18.2 Å². The molecule has 2 aromatic carbocycles. The zero-order valence-electron chi connectivity index (χ0n) is 16.4. The first-order chi connectivity index (χ1) is 14.0. The Balaban J connectivity index is 1.87. The topological polar surface area (TPSA) is 84.7 Å². The molecule has 29 heavy (non-hydrogen) atoms. The lowest BCUT2D eigenvalue weighted by Crippen LogP contribution is -2.43. The lowest BCUT2D eigenvalue weighted by atomic mass is 9.90. The van der Waals surface area contributed by atoms with Crippen molar-refractivity contribution in [2.75, 3.05) is 12.4 Å². The Labute approximate surface area is 176 Å². The maximum atomic E-state index is 13.3. The number of amides is 2. The van der Waals surface area contributed by atoms with Crippen LogP contribution in [-0.4, -0.2) is 36.1 Å². The van der Waals surface area contributed by atoms with Gasteiger partial charge in [0.15, 0.2) is 0 Å². The lowest BCUT2D eigenvalue weighted by molar-refractivity contribution is 0.0606. The lowest BCUT2D eigenvalue weighted by Gasteiger charge is -2.36. The second kappa shape index (κ2) is 9.76. The number of methoxy groups -OCH3 is 1. The van der Waals surface area contributed by atoms with Crippen LogP contribution >= 0.6 is 11.6 Å². The van der Waals surface area contributed by atoms with E-state index in [4.69, 9.17) is 17.3 Å². The standard InChI is InChI=1S/C22H26ClN3O3/c1-29-22(28)25-18-9-12-20(23)16(13-18)14-26(19-10-7-17(24)8-11-19)21(27)15-5-3-2-4-6-15/h2-6,9,12-13,17,19H,7-8,10-11,14,24H2,1H3,(H,25,28). The molecule has 0 aliphatic heterocycles. The van der Waals surface area contributed by atoms with E-state index in [0.29, 0.717) is 22.8 Å². The van der Waals surface area contributed by atoms with E-state index in [2.05, 4.69) is 10.1 Å². The van der Waals surface area contributed by atoms with Gasteiger partial charge in [-0.1, -0.05) is 29.8 Å². The van der Waals surface area contributed by atoms with Gasteiger partial charge in [-0.05, 0) is 61.6 Å². The molecule has 6 nitrogen and oxygen atoms in total. The van der Waals surface area contributed by atoms with E-state index in [0.717, 1.165) is 31.2 Å². The van der Waals surface area contributed by atoms with Crippen molar-refractivity contribution in [3.05, 3.63) is 64.7 Å². The summed E-state index contributed by atoms with van der Waals surface area (Å²) in [5.41, 5.74) is 8.03. The highest BCUT2D eigenvalue weighted by molar-refractivity contribution is 6.31. The Hall–Kier alpha value is -2.57. The van der Waals surface area contributed by atoms with Gasteiger partial charge >= 0.3 is 6.09 Å². The Morgan fingerprint density at radius 2 is 1.83 bits per heavy atom. The second-order valence-corrected chi connectivity index (χ2v) is 7.70. The summed E-state index contributed by atoms with van der Waals surface area (Å²) in [6.45, 7) is 0.350. The molecule has 154 valence electrons. The average Bonchev–Trinajstić information content (AvgIpc) is 2.75. The summed E-state index contributed by atoms with van der Waals surface area (Å²) >= 11 is 6.42. The Kier molecular flexibility index (Phi) is 7.12. The van der Waals surface area contributed by atoms with Crippen molar-refractivity contribution in [2.45, 2.75) is 44.3 Å². The van der Waals surface area contributed by atoms with Crippen molar-refractivity contribution in [2.24, 2.45) is 5.73 Å². The van der Waals surface area contributed by atoms with Gasteiger partial charge < -0.3 is 15.4 Å². The van der Waals surface area contributed by atoms with Gasteiger partial charge in [0.25, 0.3) is 5.91 Å². The van der Waals surface area contributed by atoms with Gasteiger partial charge in [0, 0.05) is 34.9 Å². The van der Waals surface area contributed by atoms with E-state index >= 15 is 0 Å². The molecular weight excluding hydrogens is 390 g/mol. The number of anilines is 1. The number of halogens is 1. The molecule has 7 heteroatoms. The minimum absolute atomic E-state index is 0.0338. The SMILES string of the molecule is COC(=O)Nc1ccc(Cl)c(CN(C(=O)c2ccccc2)C2CCC(N)CC2)c1. The van der Waals surface area contributed by atoms with Crippen LogP contribution in [0.4, 0.5) is 10.5 Å². The summed E-state index contributed by atoms with van der Waals surface area (Å²) in [6.07, 6.45) is 2.94. The summed E-state index contributed by atoms with van der Waals surface area (Å²) < 4.78 is 4.65. The van der Waals surface area contributed by atoms with Crippen LogP contribution in [0.5, 0.6) is 0 Å². The molecule has 0 aromatic heterocycles. The Morgan fingerprint density at radius 1 is 1.14 bits per heavy atom. The predicted molar refractivity (Wildman–Crippen MR) is 114 cm³/mol. The molecule has 0 atom stereocenters. The van der Waals surface area contributed by atoms with Crippen LogP contribution < -0.4 is 11.1 Å². The average molecular weight is 416 g/mol. The molecule has 1 saturated carbocycles. The van der Waals surface area contributed by atoms with Crippen molar-refractivity contribution in [3.63, 3.8) is 0 Å². The number of hydrogen-bond acceptors (Lipinski definition) is 4. The molecule has 3 N–H and O–H groups in total. The maximum Gasteiger partial charge on any atom is 0.411 e. The number of rotatable bonds is 5. The highest BCUT2D eigenvalue weighted by Crippen LogP contribution is 2.28. The van der Waals surface area contributed by atoms with E-state index in [1.807, 2.05) is 35.2 Å². The zero-order chi connectivity index (χ0) is 20.8. The van der Waals surface area contributed by atoms with Crippen LogP contribution in [-0.2, 0) is 11.3 Å². The van der Waals surface area contributed by atoms with Gasteiger partial charge in [-0.2, -0.15) is 0 Å². The van der Waals surface area contributed by atoms with Crippen molar-refractivity contribution in [3.8, 4) is 0 Å². The quantitative estimate of drug-likeness (QED) is 0.756. The summed E-state index contributed by atoms with van der Waals surface area (Å²) in [4.78, 5) is 26.7. The second-order valence-electron chi connectivity index (χ2n) is 7.29. The molecular formula is C22H26ClN3O3. The number of benzene rings is 2. The largest absolute Gasteiger partial charge is 0.453 e. The van der Waals surface area contributed by atoms with Crippen LogP contribution in [0.2, 0.25) is 5.02 Å². The van der Waals surface area contributed by atoms with Crippen LogP contribution in [0.1, 0.15) is 41.6 Å². The summed E-state index contributed by atoms with van der Waals surface area (Å²) in [7, 11) is 1.31. The molecule has 3 rings (SSSR count). The van der Waals surface area contributed by atoms with Crippen LogP contribution in [0.25, 0.3) is 0 Å². The Bertz CT molecular complexity index is 852. The normalized spacial score (nSPS) is 18.7. The highest BCUT2D eigenvalue weighted by Gasteiger charge is 2.29. The van der Waals surface area contributed by atoms with Crippen molar-refractivity contribution in [1.29, 1.82) is 0 Å². The van der Waals surface area contributed by atoms with Crippen LogP contribution in [0, 0.1) is 0 Å². The third kappa shape index (κ3) is 5.49. The first-order valence-corrected chi connectivity index (χ1v) is 10.1. The molecule has 1 fully saturated rings. The molecule has 0 saturated heterocycles. The number of ether oxygens (including phenoxy) is 1. The molecule has 2 aromatic rings. The van der Waals surface area contributed by atoms with Gasteiger partial charge in [0.05, 0.1) is 7.11 Å². The van der Waals surface area contributed by atoms with Gasteiger partial charge in [0.2, 0.25) is 0 Å². The van der Waals surface area contributed by atoms with E-state index < -0.39 is 6.09 Å². The molecule has 2 amide bonds. The molecule has 0 spiro atoms. The zero-order valence-corrected chi connectivity index (χ0v) is 17.2. The molecule has 0 bridgehead atoms. The number of nitrogens with one attached hydrogen (secondary N) is 1. The first kappa shape index (κ1) is 21.1. The monoisotopic (exact) mass is 415 g/mol. The minimum Gasteiger partial charge on any atom is -0.453 e. The van der Waals surface area contributed by atoms with Gasteiger partial charge in [-0.25, -0.2) is 4.79 Å². The third-order valence-electron chi connectivity index (χ3n) is 5.28. The van der Waals surface area contributed by atoms with Gasteiger partial charge in [-0.15, -0.1) is 0 Å². The van der Waals surface area contributed by atoms with E-state index in [1.165, 1.54) is 7.11 Å². The van der Waals surface area contributed by atoms with Crippen LogP contribution in [0.3, 0.4) is 0 Å². The fourth-order valence-electron chi connectivity index (χ4n) is 3.65. The number of carbonyl (C=O) groups excluding carboxylic acids is 2. The molecule has 1 aliphatic carbocycles. The summed E-state index contributed by atoms with van der Waals surface area (Å²) in [5, 5.41) is 3.18. The first-order valence-electron chi connectivity index (χ1n) is 9.73. The molecule has 1 aliphatic rings. The third-order valence-corrected chi connectivity index (χ3v) is 5.65.